The minimum atomic E-state index is -0.230. The lowest BCUT2D eigenvalue weighted by molar-refractivity contribution is 0.289. The van der Waals surface area contributed by atoms with Crippen LogP contribution in [0.15, 0.2) is 101 Å². The molecule has 0 atom stereocenters. The van der Waals surface area contributed by atoms with Crippen LogP contribution in [0.3, 0.4) is 0 Å². The fraction of sp³-hybridized carbons (Fsp3) is 0.0417. The predicted molar refractivity (Wildman–Crippen MR) is 116 cm³/mol. The zero-order valence-corrected chi connectivity index (χ0v) is 15.7. The van der Waals surface area contributed by atoms with Gasteiger partial charge in [-0.1, -0.05) is 66.7 Å². The molecular weight excluding hydrogens is 362 g/mol. The fourth-order valence-corrected chi connectivity index (χ4v) is 2.87. The van der Waals surface area contributed by atoms with E-state index in [0.717, 1.165) is 5.56 Å². The summed E-state index contributed by atoms with van der Waals surface area (Å²) in [6.07, 6.45) is 5.29. The van der Waals surface area contributed by atoms with Gasteiger partial charge in [-0.05, 0) is 35.9 Å². The molecule has 29 heavy (non-hydrogen) atoms. The number of hydrogen-bond acceptors (Lipinski definition) is 4. The van der Waals surface area contributed by atoms with Crippen molar-refractivity contribution in [3.8, 4) is 5.75 Å². The van der Waals surface area contributed by atoms with E-state index in [1.807, 2.05) is 84.9 Å². The molecule has 0 radical (unpaired) electrons. The molecule has 0 saturated carbocycles. The maximum atomic E-state index is 13.0. The molecule has 5 nitrogen and oxygen atoms in total. The molecule has 0 saturated heterocycles. The minimum absolute atomic E-state index is 0.129. The van der Waals surface area contributed by atoms with E-state index in [9.17, 15) is 4.79 Å². The highest BCUT2D eigenvalue weighted by molar-refractivity contribution is 5.79. The molecule has 3 aromatic carbocycles. The van der Waals surface area contributed by atoms with Gasteiger partial charge in [-0.3, -0.25) is 4.79 Å². The van der Waals surface area contributed by atoms with E-state index in [2.05, 4.69) is 10.1 Å². The first-order valence-electron chi connectivity index (χ1n) is 9.26. The zero-order chi connectivity index (χ0) is 19.9. The minimum Gasteiger partial charge on any atom is -0.486 e. The number of hydrogen-bond donors (Lipinski definition) is 0. The molecule has 1 heterocycles. The van der Waals surface area contributed by atoms with Crippen molar-refractivity contribution in [1.82, 2.24) is 9.66 Å². The highest BCUT2D eigenvalue weighted by Gasteiger charge is 2.10. The highest BCUT2D eigenvalue weighted by atomic mass is 16.5. The molecule has 0 aliphatic carbocycles. The van der Waals surface area contributed by atoms with Crippen molar-refractivity contribution < 1.29 is 4.74 Å². The lowest BCUT2D eigenvalue weighted by Crippen LogP contribution is -2.23. The number of rotatable bonds is 6. The van der Waals surface area contributed by atoms with Crippen LogP contribution in [0.5, 0.6) is 5.75 Å². The van der Waals surface area contributed by atoms with E-state index < -0.39 is 0 Å². The Morgan fingerprint density at radius 1 is 0.897 bits per heavy atom. The van der Waals surface area contributed by atoms with E-state index in [1.54, 1.807) is 18.4 Å². The van der Waals surface area contributed by atoms with Gasteiger partial charge in [0.1, 0.15) is 12.4 Å². The van der Waals surface area contributed by atoms with Gasteiger partial charge in [-0.15, -0.1) is 0 Å². The molecule has 0 fully saturated rings. The van der Waals surface area contributed by atoms with Crippen molar-refractivity contribution in [3.63, 3.8) is 0 Å². The summed E-state index contributed by atoms with van der Waals surface area (Å²) >= 11 is 0. The summed E-state index contributed by atoms with van der Waals surface area (Å²) in [5.74, 6) is 1.14. The summed E-state index contributed by atoms with van der Waals surface area (Å²) in [7, 11) is 0. The molecule has 0 aliphatic rings. The molecule has 0 unspecified atom stereocenters. The standard InChI is InChI=1S/C24H19N3O2/c28-24-21-15-7-8-16-22(21)26-23(18-29-20-13-5-2-6-14-20)27(24)25-17-9-12-19-10-3-1-4-11-19/h1-17H,18H2/b12-9+,25-17+. The first kappa shape index (κ1) is 18.4. The second-order valence-electron chi connectivity index (χ2n) is 6.30. The molecule has 5 heteroatoms. The number of allylic oxidation sites excluding steroid dienone is 1. The van der Waals surface area contributed by atoms with E-state index in [0.29, 0.717) is 22.5 Å². The molecule has 4 aromatic rings. The summed E-state index contributed by atoms with van der Waals surface area (Å²) in [5, 5.41) is 4.85. The van der Waals surface area contributed by atoms with E-state index in [-0.39, 0.29) is 12.2 Å². The first-order chi connectivity index (χ1) is 14.3. The smallest absolute Gasteiger partial charge is 0.282 e. The van der Waals surface area contributed by atoms with E-state index >= 15 is 0 Å². The summed E-state index contributed by atoms with van der Waals surface area (Å²) in [6.45, 7) is 0.129. The third-order valence-electron chi connectivity index (χ3n) is 4.29. The highest BCUT2D eigenvalue weighted by Crippen LogP contribution is 2.13. The van der Waals surface area contributed by atoms with Crippen molar-refractivity contribution in [2.75, 3.05) is 0 Å². The van der Waals surface area contributed by atoms with Gasteiger partial charge in [-0.2, -0.15) is 9.78 Å². The molecule has 0 N–H and O–H groups in total. The van der Waals surface area contributed by atoms with Gasteiger partial charge in [-0.25, -0.2) is 4.98 Å². The SMILES string of the molecule is O=c1c2ccccc2nc(COc2ccccc2)n1/N=C/C=C/c1ccccc1. The quantitative estimate of drug-likeness (QED) is 0.461. The van der Waals surface area contributed by atoms with Crippen molar-refractivity contribution in [2.24, 2.45) is 5.10 Å². The molecule has 1 aromatic heterocycles. The van der Waals surface area contributed by atoms with Gasteiger partial charge in [0.2, 0.25) is 0 Å². The Hall–Kier alpha value is -3.99. The van der Waals surface area contributed by atoms with Crippen LogP contribution in [0.4, 0.5) is 0 Å². The number of aromatic nitrogens is 2. The average Bonchev–Trinajstić information content (AvgIpc) is 2.78. The molecule has 142 valence electrons. The summed E-state index contributed by atoms with van der Waals surface area (Å²) < 4.78 is 7.09. The van der Waals surface area contributed by atoms with Crippen molar-refractivity contribution in [3.05, 3.63) is 113 Å². The Balaban J connectivity index is 1.66. The molecular formula is C24H19N3O2. The van der Waals surface area contributed by atoms with Crippen molar-refractivity contribution >= 4 is 23.2 Å². The van der Waals surface area contributed by atoms with Gasteiger partial charge < -0.3 is 4.74 Å². The Bertz CT molecular complexity index is 1210. The van der Waals surface area contributed by atoms with Gasteiger partial charge in [0.05, 0.1) is 10.9 Å². The van der Waals surface area contributed by atoms with Crippen LogP contribution in [0.2, 0.25) is 0 Å². The van der Waals surface area contributed by atoms with E-state index in [4.69, 9.17) is 4.74 Å². The van der Waals surface area contributed by atoms with Crippen molar-refractivity contribution in [1.29, 1.82) is 0 Å². The van der Waals surface area contributed by atoms with Crippen LogP contribution in [-0.4, -0.2) is 15.9 Å². The van der Waals surface area contributed by atoms with Crippen LogP contribution in [0.25, 0.3) is 17.0 Å². The molecule has 0 aliphatic heterocycles. The largest absolute Gasteiger partial charge is 0.486 e. The monoisotopic (exact) mass is 381 g/mol. The van der Waals surface area contributed by atoms with Crippen LogP contribution >= 0.6 is 0 Å². The van der Waals surface area contributed by atoms with Gasteiger partial charge >= 0.3 is 0 Å². The summed E-state index contributed by atoms with van der Waals surface area (Å²) in [5.41, 5.74) is 1.44. The topological polar surface area (TPSA) is 56.5 Å². The zero-order valence-electron chi connectivity index (χ0n) is 15.7. The molecule has 0 spiro atoms. The first-order valence-corrected chi connectivity index (χ1v) is 9.26. The van der Waals surface area contributed by atoms with Crippen LogP contribution in [0, 0.1) is 0 Å². The van der Waals surface area contributed by atoms with Crippen LogP contribution < -0.4 is 10.3 Å². The number of para-hydroxylation sites is 2. The van der Waals surface area contributed by atoms with Crippen molar-refractivity contribution in [2.45, 2.75) is 6.61 Å². The lowest BCUT2D eigenvalue weighted by Gasteiger charge is -2.10. The number of benzene rings is 3. The van der Waals surface area contributed by atoms with Crippen LogP contribution in [-0.2, 0) is 6.61 Å². The van der Waals surface area contributed by atoms with Gasteiger partial charge in [0, 0.05) is 6.21 Å². The average molecular weight is 381 g/mol. The molecule has 0 amide bonds. The Kier molecular flexibility index (Phi) is 5.58. The second-order valence-corrected chi connectivity index (χ2v) is 6.30. The maximum absolute atomic E-state index is 13.0. The van der Waals surface area contributed by atoms with Gasteiger partial charge in [0.25, 0.3) is 5.56 Å². The maximum Gasteiger partial charge on any atom is 0.282 e. The predicted octanol–water partition coefficient (Wildman–Crippen LogP) is 4.52. The van der Waals surface area contributed by atoms with Gasteiger partial charge in [0.15, 0.2) is 5.82 Å². The normalized spacial score (nSPS) is 11.4. The molecule has 0 bridgehead atoms. The number of fused-ring (bicyclic) bond motifs is 1. The lowest BCUT2D eigenvalue weighted by atomic mass is 10.2. The summed E-state index contributed by atoms with van der Waals surface area (Å²) in [6, 6.07) is 26.5. The second kappa shape index (κ2) is 8.80. The Morgan fingerprint density at radius 3 is 2.38 bits per heavy atom. The third-order valence-corrected chi connectivity index (χ3v) is 4.29. The molecule has 4 rings (SSSR count). The fourth-order valence-electron chi connectivity index (χ4n) is 2.87. The Labute approximate surface area is 168 Å². The number of ether oxygens (including phenoxy) is 1. The number of nitrogens with zero attached hydrogens (tertiary/aromatic N) is 3. The van der Waals surface area contributed by atoms with Crippen LogP contribution in [0.1, 0.15) is 11.4 Å². The summed E-state index contributed by atoms with van der Waals surface area (Å²) in [4.78, 5) is 17.5. The van der Waals surface area contributed by atoms with E-state index in [1.165, 1.54) is 4.68 Å². The Morgan fingerprint density at radius 2 is 1.59 bits per heavy atom. The third kappa shape index (κ3) is 4.47.